The Kier molecular flexibility index (Phi) is 5.11. The number of hydroxylamine groups is 2. The van der Waals surface area contributed by atoms with Gasteiger partial charge in [0.1, 0.15) is 0 Å². The molecule has 0 saturated carbocycles. The van der Waals surface area contributed by atoms with Crippen LogP contribution in [0.3, 0.4) is 0 Å². The minimum atomic E-state index is -4.27. The van der Waals surface area contributed by atoms with Crippen LogP contribution in [0.2, 0.25) is 0 Å². The maximum atomic E-state index is 11.9. The Morgan fingerprint density at radius 2 is 2.11 bits per heavy atom. The fourth-order valence-electron chi connectivity index (χ4n) is 1.13. The minimum Gasteiger partial charge on any atom is -0.477 e. The fourth-order valence-corrected chi connectivity index (χ4v) is 1.13. The van der Waals surface area contributed by atoms with Gasteiger partial charge in [0.2, 0.25) is 5.88 Å². The highest BCUT2D eigenvalue weighted by atomic mass is 19.4. The second kappa shape index (κ2) is 6.37. The third-order valence-electron chi connectivity index (χ3n) is 2.18. The quantitative estimate of drug-likeness (QED) is 0.773. The topological polar surface area (TPSA) is 51.7 Å². The predicted molar refractivity (Wildman–Crippen MR) is 59.5 cm³/mol. The van der Waals surface area contributed by atoms with Crippen LogP contribution in [0.25, 0.3) is 0 Å². The van der Waals surface area contributed by atoms with Crippen molar-refractivity contribution >= 4 is 5.91 Å². The van der Waals surface area contributed by atoms with Gasteiger partial charge in [-0.15, -0.1) is 0 Å². The fraction of sp³-hybridized carbons (Fsp3) is 0.455. The van der Waals surface area contributed by atoms with E-state index >= 15 is 0 Å². The first kappa shape index (κ1) is 15.2. The lowest BCUT2D eigenvalue weighted by Gasteiger charge is -2.13. The van der Waals surface area contributed by atoms with Crippen LogP contribution in [0.4, 0.5) is 13.2 Å². The molecule has 0 atom stereocenters. The molecule has 1 rings (SSSR count). The molecule has 106 valence electrons. The van der Waals surface area contributed by atoms with Gasteiger partial charge in [-0.05, 0) is 6.07 Å². The maximum absolute atomic E-state index is 11.9. The van der Waals surface area contributed by atoms with Gasteiger partial charge in [-0.2, -0.15) is 13.2 Å². The molecule has 0 aliphatic carbocycles. The van der Waals surface area contributed by atoms with E-state index in [4.69, 9.17) is 9.57 Å². The molecule has 0 aliphatic heterocycles. The average Bonchev–Trinajstić information content (AvgIpc) is 2.36. The van der Waals surface area contributed by atoms with Crippen LogP contribution in [-0.4, -0.2) is 42.9 Å². The number of carbonyl (C=O) groups excluding carboxylic acids is 1. The SMILES string of the molecule is CON(C)C(=O)c1ccc(OCCC(F)(F)F)nc1. The highest BCUT2D eigenvalue weighted by molar-refractivity contribution is 5.93. The monoisotopic (exact) mass is 278 g/mol. The lowest BCUT2D eigenvalue weighted by atomic mass is 10.2. The van der Waals surface area contributed by atoms with Crippen molar-refractivity contribution in [2.75, 3.05) is 20.8 Å². The molecule has 0 saturated heterocycles. The molecular formula is C11H13F3N2O3. The van der Waals surface area contributed by atoms with Gasteiger partial charge in [0.25, 0.3) is 5.91 Å². The molecule has 19 heavy (non-hydrogen) atoms. The second-order valence-electron chi connectivity index (χ2n) is 3.58. The van der Waals surface area contributed by atoms with Crippen molar-refractivity contribution in [2.24, 2.45) is 0 Å². The third-order valence-corrected chi connectivity index (χ3v) is 2.18. The van der Waals surface area contributed by atoms with Crippen molar-refractivity contribution in [1.29, 1.82) is 0 Å². The van der Waals surface area contributed by atoms with E-state index in [1.54, 1.807) is 0 Å². The summed E-state index contributed by atoms with van der Waals surface area (Å²) in [5.74, 6) is -0.391. The largest absolute Gasteiger partial charge is 0.477 e. The summed E-state index contributed by atoms with van der Waals surface area (Å²) in [5, 5.41) is 1.00. The average molecular weight is 278 g/mol. The Bertz CT molecular complexity index is 420. The van der Waals surface area contributed by atoms with Crippen molar-refractivity contribution < 1.29 is 27.5 Å². The number of aromatic nitrogens is 1. The van der Waals surface area contributed by atoms with Gasteiger partial charge in [0.15, 0.2) is 0 Å². The Balaban J connectivity index is 2.55. The molecule has 0 aliphatic rings. The molecule has 0 bridgehead atoms. The molecule has 0 fully saturated rings. The number of nitrogens with zero attached hydrogens (tertiary/aromatic N) is 2. The number of hydrogen-bond acceptors (Lipinski definition) is 4. The van der Waals surface area contributed by atoms with Gasteiger partial charge in [0.05, 0.1) is 25.7 Å². The van der Waals surface area contributed by atoms with Crippen LogP contribution in [0.5, 0.6) is 5.88 Å². The minimum absolute atomic E-state index is 0.0286. The lowest BCUT2D eigenvalue weighted by molar-refractivity contribution is -0.139. The Morgan fingerprint density at radius 3 is 2.58 bits per heavy atom. The van der Waals surface area contributed by atoms with Crippen molar-refractivity contribution in [3.8, 4) is 5.88 Å². The molecular weight excluding hydrogens is 265 g/mol. The van der Waals surface area contributed by atoms with Gasteiger partial charge in [-0.1, -0.05) is 0 Å². The van der Waals surface area contributed by atoms with Crippen molar-refractivity contribution in [3.63, 3.8) is 0 Å². The molecule has 0 aromatic carbocycles. The molecule has 1 amide bonds. The number of rotatable bonds is 5. The van der Waals surface area contributed by atoms with Gasteiger partial charge in [0, 0.05) is 19.3 Å². The smallest absolute Gasteiger partial charge is 0.392 e. The summed E-state index contributed by atoms with van der Waals surface area (Å²) in [6.45, 7) is -0.512. The zero-order valence-corrected chi connectivity index (χ0v) is 10.4. The van der Waals surface area contributed by atoms with E-state index in [1.807, 2.05) is 0 Å². The Labute approximate surface area is 107 Å². The number of pyridine rings is 1. The van der Waals surface area contributed by atoms with E-state index in [0.29, 0.717) is 0 Å². The molecule has 0 radical (unpaired) electrons. The molecule has 0 unspecified atom stereocenters. The molecule has 1 aromatic heterocycles. The lowest BCUT2D eigenvalue weighted by Crippen LogP contribution is -2.25. The van der Waals surface area contributed by atoms with Crippen LogP contribution in [0.1, 0.15) is 16.8 Å². The summed E-state index contributed by atoms with van der Waals surface area (Å²) in [6, 6.07) is 2.72. The number of alkyl halides is 3. The van der Waals surface area contributed by atoms with Gasteiger partial charge in [-0.3, -0.25) is 9.63 Å². The van der Waals surface area contributed by atoms with Crippen LogP contribution in [0.15, 0.2) is 18.3 Å². The van der Waals surface area contributed by atoms with Crippen LogP contribution >= 0.6 is 0 Å². The Morgan fingerprint density at radius 1 is 1.42 bits per heavy atom. The van der Waals surface area contributed by atoms with E-state index in [1.165, 1.54) is 32.5 Å². The summed E-state index contributed by atoms with van der Waals surface area (Å²) in [7, 11) is 2.76. The van der Waals surface area contributed by atoms with Crippen molar-refractivity contribution in [1.82, 2.24) is 10.0 Å². The van der Waals surface area contributed by atoms with E-state index in [9.17, 15) is 18.0 Å². The van der Waals surface area contributed by atoms with Crippen LogP contribution in [0, 0.1) is 0 Å². The first-order valence-corrected chi connectivity index (χ1v) is 5.31. The zero-order chi connectivity index (χ0) is 14.5. The summed E-state index contributed by atoms with van der Waals surface area (Å²) >= 11 is 0. The summed E-state index contributed by atoms with van der Waals surface area (Å²) < 4.78 is 40.5. The summed E-state index contributed by atoms with van der Waals surface area (Å²) in [4.78, 5) is 20.0. The van der Waals surface area contributed by atoms with Crippen LogP contribution in [-0.2, 0) is 4.84 Å². The van der Waals surface area contributed by atoms with E-state index in [2.05, 4.69) is 4.98 Å². The highest BCUT2D eigenvalue weighted by Gasteiger charge is 2.26. The molecule has 5 nitrogen and oxygen atoms in total. The highest BCUT2D eigenvalue weighted by Crippen LogP contribution is 2.19. The summed E-state index contributed by atoms with van der Waals surface area (Å²) in [5.41, 5.74) is 0.243. The zero-order valence-electron chi connectivity index (χ0n) is 10.4. The molecule has 0 N–H and O–H groups in total. The van der Waals surface area contributed by atoms with Crippen LogP contribution < -0.4 is 4.74 Å². The molecule has 1 aromatic rings. The second-order valence-corrected chi connectivity index (χ2v) is 3.58. The normalized spacial score (nSPS) is 11.2. The molecule has 8 heteroatoms. The van der Waals surface area contributed by atoms with Gasteiger partial charge < -0.3 is 4.74 Å². The van der Waals surface area contributed by atoms with Crippen molar-refractivity contribution in [3.05, 3.63) is 23.9 Å². The standard InChI is InChI=1S/C11H13F3N2O3/c1-16(18-2)10(17)8-3-4-9(15-7-8)19-6-5-11(12,13)14/h3-4,7H,5-6H2,1-2H3. The van der Waals surface area contributed by atoms with E-state index in [0.717, 1.165) is 5.06 Å². The summed E-state index contributed by atoms with van der Waals surface area (Å²) in [6.07, 6.45) is -4.11. The number of carbonyl (C=O) groups is 1. The first-order chi connectivity index (χ1) is 8.83. The molecule has 1 heterocycles. The number of halogens is 3. The maximum Gasteiger partial charge on any atom is 0.392 e. The van der Waals surface area contributed by atoms with E-state index < -0.39 is 25.1 Å². The van der Waals surface area contributed by atoms with Gasteiger partial charge >= 0.3 is 6.18 Å². The number of ether oxygens (including phenoxy) is 1. The third kappa shape index (κ3) is 5.12. The Hall–Kier alpha value is -1.83. The van der Waals surface area contributed by atoms with Gasteiger partial charge in [-0.25, -0.2) is 10.0 Å². The van der Waals surface area contributed by atoms with E-state index in [-0.39, 0.29) is 11.4 Å². The first-order valence-electron chi connectivity index (χ1n) is 5.31. The predicted octanol–water partition coefficient (Wildman–Crippen LogP) is 2.05. The number of amides is 1. The molecule has 0 spiro atoms. The van der Waals surface area contributed by atoms with Crippen molar-refractivity contribution in [2.45, 2.75) is 12.6 Å². The number of hydrogen-bond donors (Lipinski definition) is 0.